The summed E-state index contributed by atoms with van der Waals surface area (Å²) in [4.78, 5) is 27.2. The van der Waals surface area contributed by atoms with Crippen LogP contribution in [-0.4, -0.2) is 129 Å². The number of alkyl halides is 2. The Hall–Kier alpha value is -4.59. The molecule has 3 aliphatic rings. The Balaban J connectivity index is 0.969. The van der Waals surface area contributed by atoms with E-state index in [4.69, 9.17) is 58.8 Å². The number of rotatable bonds is 16. The summed E-state index contributed by atoms with van der Waals surface area (Å²) in [5.74, 6) is 0.156. The van der Waals surface area contributed by atoms with Gasteiger partial charge in [0.2, 0.25) is 0 Å². The fourth-order valence-electron chi connectivity index (χ4n) is 6.81. The Morgan fingerprint density at radius 2 is 1.40 bits per heavy atom. The maximum Gasteiger partial charge on any atom is 0.697 e. The number of ether oxygens (including phenoxy) is 5. The maximum atomic E-state index is 16.7. The zero-order valence-corrected chi connectivity index (χ0v) is 35.5. The third kappa shape index (κ3) is 10.4. The standard InChI is InChI=1S/C34H40F2N13O11P2S/c35-23-27-22(58-33(23)48-17-44-25-29(37)40-15-42-31(25)48)13-56-62(51,63-14-20-3-1-19(2-4-20)11-54-10-9-53-8-7-52-6-5-46-47-39)60-28-21(12-55-61(50)59-27)57-34(24(28)36)49-18-45-26-30(38)41-16-43-32(26)49/h1-4,15-18,21-24,27-28,33-34H,5-14H2,(H2,37,40,42)(H2,38,41,43)/q+1/t21-,22-,23-,24-,27-,28-,33-,34-,62?/m1/s1. The van der Waals surface area contributed by atoms with Gasteiger partial charge in [-0.15, -0.1) is 9.05 Å². The number of nitrogens with two attached hydrogens (primary N) is 2. The summed E-state index contributed by atoms with van der Waals surface area (Å²) in [7, 11) is -3.08. The zero-order valence-electron chi connectivity index (χ0n) is 32.9. The van der Waals surface area contributed by atoms with Crippen LogP contribution >= 0.6 is 26.4 Å². The van der Waals surface area contributed by atoms with Gasteiger partial charge in [0.1, 0.15) is 48.6 Å². The molecule has 0 spiro atoms. The van der Waals surface area contributed by atoms with Gasteiger partial charge in [-0.3, -0.25) is 18.2 Å². The van der Waals surface area contributed by atoms with Crippen molar-refractivity contribution in [3.63, 3.8) is 0 Å². The Morgan fingerprint density at radius 1 is 0.825 bits per heavy atom. The number of aromatic nitrogens is 8. The molecule has 336 valence electrons. The number of anilines is 2. The van der Waals surface area contributed by atoms with E-state index >= 15 is 8.78 Å². The average molecular weight is 939 g/mol. The van der Waals surface area contributed by atoms with Crippen molar-refractivity contribution in [2.45, 2.75) is 61.6 Å². The first-order chi connectivity index (χ1) is 30.6. The van der Waals surface area contributed by atoms with Crippen LogP contribution in [0.15, 0.2) is 54.7 Å². The second-order valence-corrected chi connectivity index (χ2v) is 18.9. The van der Waals surface area contributed by atoms with Crippen LogP contribution < -0.4 is 11.5 Å². The number of azide groups is 1. The molecule has 8 rings (SSSR count). The predicted molar refractivity (Wildman–Crippen MR) is 217 cm³/mol. The van der Waals surface area contributed by atoms with Crippen LogP contribution in [0.4, 0.5) is 20.4 Å². The Bertz CT molecular complexity index is 2470. The molecule has 24 nitrogen and oxygen atoms in total. The predicted octanol–water partition coefficient (Wildman–Crippen LogP) is 4.68. The van der Waals surface area contributed by atoms with Crippen molar-refractivity contribution in [3.8, 4) is 0 Å². The van der Waals surface area contributed by atoms with Gasteiger partial charge in [0.15, 0.2) is 53.8 Å². The van der Waals surface area contributed by atoms with Crippen molar-refractivity contribution >= 4 is 60.4 Å². The molecule has 3 fully saturated rings. The van der Waals surface area contributed by atoms with Gasteiger partial charge < -0.3 is 35.2 Å². The SMILES string of the molecule is [N-]=[N+]=NCCOCCOCCOCc1ccc(CSP2(=O)OC[C@H]3O[C@@H](n4cnc5c(N)ncnc54)[C@H](F)[C@@H]3O[P+](=O)OC[C@H]3O[C@@H](n4cnc5c(N)ncnc54)[C@H](F)[C@@H]3O2)cc1. The second-order valence-electron chi connectivity index (χ2n) is 13.9. The van der Waals surface area contributed by atoms with Crippen molar-refractivity contribution in [1.29, 1.82) is 0 Å². The maximum absolute atomic E-state index is 16.7. The fourth-order valence-corrected chi connectivity index (χ4v) is 11.0. The van der Waals surface area contributed by atoms with E-state index in [0.717, 1.165) is 16.9 Å². The van der Waals surface area contributed by atoms with Crippen LogP contribution in [0.5, 0.6) is 0 Å². The fraction of sp³-hybridized carbons (Fsp3) is 0.529. The number of nitrogens with zero attached hydrogens (tertiary/aromatic N) is 11. The normalized spacial score (nSPS) is 28.3. The van der Waals surface area contributed by atoms with Crippen LogP contribution in [-0.2, 0) is 63.3 Å². The minimum atomic E-state index is -4.44. The molecule has 2 unspecified atom stereocenters. The molecule has 0 aliphatic carbocycles. The zero-order chi connectivity index (χ0) is 43.9. The van der Waals surface area contributed by atoms with Crippen LogP contribution in [0.1, 0.15) is 23.6 Å². The first kappa shape index (κ1) is 45.0. The molecule has 1 aromatic carbocycles. The van der Waals surface area contributed by atoms with Gasteiger partial charge in [-0.2, -0.15) is 0 Å². The summed E-state index contributed by atoms with van der Waals surface area (Å²) >= 11 is 0.756. The Labute approximate surface area is 360 Å². The molecule has 5 aromatic rings. The molecular weight excluding hydrogens is 898 g/mol. The molecule has 4 aromatic heterocycles. The van der Waals surface area contributed by atoms with Gasteiger partial charge in [0.25, 0.3) is 0 Å². The molecule has 0 radical (unpaired) electrons. The van der Waals surface area contributed by atoms with E-state index in [1.54, 1.807) is 12.1 Å². The summed E-state index contributed by atoms with van der Waals surface area (Å²) in [6, 6.07) is 7.25. The van der Waals surface area contributed by atoms with Gasteiger partial charge in [-0.05, 0) is 28.0 Å². The van der Waals surface area contributed by atoms with E-state index in [2.05, 4.69) is 39.9 Å². The molecule has 0 bridgehead atoms. The van der Waals surface area contributed by atoms with E-state index in [-0.39, 0.29) is 46.3 Å². The van der Waals surface area contributed by atoms with Gasteiger partial charge in [0.05, 0.1) is 58.9 Å². The van der Waals surface area contributed by atoms with Crippen molar-refractivity contribution < 1.29 is 59.7 Å². The van der Waals surface area contributed by atoms with Crippen LogP contribution in [0.2, 0.25) is 0 Å². The van der Waals surface area contributed by atoms with Gasteiger partial charge in [-0.25, -0.2) is 43.2 Å². The molecule has 0 amide bonds. The van der Waals surface area contributed by atoms with Crippen LogP contribution in [0.3, 0.4) is 0 Å². The van der Waals surface area contributed by atoms with Crippen molar-refractivity contribution in [1.82, 2.24) is 39.0 Å². The summed E-state index contributed by atoms with van der Waals surface area (Å²) in [5, 5.41) is 3.39. The third-order valence-electron chi connectivity index (χ3n) is 9.88. The van der Waals surface area contributed by atoms with Gasteiger partial charge in [-0.1, -0.05) is 29.4 Å². The lowest BCUT2D eigenvalue weighted by Crippen LogP contribution is -2.36. The molecule has 7 heterocycles. The van der Waals surface area contributed by atoms with Gasteiger partial charge in [0, 0.05) is 21.8 Å². The quantitative estimate of drug-likeness (QED) is 0.0446. The number of benzene rings is 1. The summed E-state index contributed by atoms with van der Waals surface area (Å²) in [6.45, 7) is -3.41. The molecular formula is C34H40F2N13O11P2S+. The van der Waals surface area contributed by atoms with Crippen molar-refractivity contribution in [3.05, 3.63) is 71.1 Å². The Kier molecular flexibility index (Phi) is 14.6. The van der Waals surface area contributed by atoms with Crippen LogP contribution in [0.25, 0.3) is 32.8 Å². The highest BCUT2D eigenvalue weighted by atomic mass is 32.7. The number of imidazole rings is 2. The topological polar surface area (TPSA) is 305 Å². The molecule has 4 N–H and O–H groups in total. The minimum Gasteiger partial charge on any atom is -0.382 e. The third-order valence-corrected chi connectivity index (χ3v) is 14.3. The minimum absolute atomic E-state index is 0.0477. The Morgan fingerprint density at radius 3 is 2.03 bits per heavy atom. The van der Waals surface area contributed by atoms with E-state index in [9.17, 15) is 9.13 Å². The summed E-state index contributed by atoms with van der Waals surface area (Å²) in [5.41, 5.74) is 22.4. The lowest BCUT2D eigenvalue weighted by atomic mass is 10.1. The highest BCUT2D eigenvalue weighted by Crippen LogP contribution is 2.64. The van der Waals surface area contributed by atoms with Gasteiger partial charge >= 0.3 is 15.1 Å². The number of halogens is 2. The molecule has 0 saturated carbocycles. The first-order valence-corrected chi connectivity index (χ1v) is 23.5. The molecule has 29 heteroatoms. The van der Waals surface area contributed by atoms with E-state index < -0.39 is 77.5 Å². The van der Waals surface area contributed by atoms with Crippen molar-refractivity contribution in [2.24, 2.45) is 5.11 Å². The second kappa shape index (κ2) is 20.5. The highest BCUT2D eigenvalue weighted by Gasteiger charge is 2.56. The largest absolute Gasteiger partial charge is 0.697 e. The van der Waals surface area contributed by atoms with Crippen molar-refractivity contribution in [2.75, 3.05) is 64.3 Å². The molecule has 10 atom stereocenters. The number of fused-ring (bicyclic) bond motifs is 4. The number of nitrogen functional groups attached to an aromatic ring is 2. The van der Waals surface area contributed by atoms with E-state index in [1.165, 1.54) is 34.4 Å². The van der Waals surface area contributed by atoms with E-state index in [1.807, 2.05) is 12.1 Å². The lowest BCUT2D eigenvalue weighted by Gasteiger charge is -2.26. The molecule has 3 aliphatic heterocycles. The molecule has 3 saturated heterocycles. The van der Waals surface area contributed by atoms with E-state index in [0.29, 0.717) is 45.2 Å². The number of hydrogen-bond donors (Lipinski definition) is 2. The summed E-state index contributed by atoms with van der Waals surface area (Å²) < 4.78 is 116. The first-order valence-electron chi connectivity index (χ1n) is 19.2. The van der Waals surface area contributed by atoms with Crippen LogP contribution in [0, 0.1) is 0 Å². The monoisotopic (exact) mass is 938 g/mol. The lowest BCUT2D eigenvalue weighted by molar-refractivity contribution is -0.0539. The average Bonchev–Trinajstić information content (AvgIpc) is 4.05. The number of hydrogen-bond acceptors (Lipinski definition) is 21. The highest BCUT2D eigenvalue weighted by molar-refractivity contribution is 8.54. The smallest absolute Gasteiger partial charge is 0.382 e. The molecule has 63 heavy (non-hydrogen) atoms. The summed E-state index contributed by atoms with van der Waals surface area (Å²) in [6.07, 6.45) is -7.99.